The Kier molecular flexibility index (Phi) is 7.24. The molecule has 0 aliphatic carbocycles. The molecule has 0 saturated carbocycles. The SMILES string of the molecule is CN=C(C=O)C(=C(C)N)c1cnc(N)c(OC(C)c2cc(F)ccc2C(=O)OC)c1. The number of halogens is 1. The second-order valence-electron chi connectivity index (χ2n) is 6.38. The molecular weight excluding hydrogens is 391 g/mol. The van der Waals surface area contributed by atoms with E-state index < -0.39 is 17.9 Å². The van der Waals surface area contributed by atoms with Crippen molar-refractivity contribution in [2.45, 2.75) is 20.0 Å². The molecule has 1 aromatic heterocycles. The maximum Gasteiger partial charge on any atom is 0.338 e. The Labute approximate surface area is 173 Å². The van der Waals surface area contributed by atoms with E-state index in [1.807, 2.05) is 0 Å². The minimum atomic E-state index is -0.772. The fourth-order valence-corrected chi connectivity index (χ4v) is 2.91. The van der Waals surface area contributed by atoms with E-state index in [1.165, 1.54) is 32.5 Å². The van der Waals surface area contributed by atoms with Gasteiger partial charge < -0.3 is 20.9 Å². The minimum Gasteiger partial charge on any atom is -0.482 e. The van der Waals surface area contributed by atoms with Crippen molar-refractivity contribution in [3.05, 3.63) is 58.7 Å². The van der Waals surface area contributed by atoms with Crippen LogP contribution in [0.1, 0.15) is 41.4 Å². The predicted molar refractivity (Wildman–Crippen MR) is 112 cm³/mol. The highest BCUT2D eigenvalue weighted by molar-refractivity contribution is 6.49. The van der Waals surface area contributed by atoms with E-state index >= 15 is 0 Å². The number of nitrogens with zero attached hydrogens (tertiary/aromatic N) is 2. The van der Waals surface area contributed by atoms with Gasteiger partial charge in [-0.25, -0.2) is 14.2 Å². The molecule has 0 amide bonds. The number of allylic oxidation sites excluding steroid dienone is 2. The standard InChI is InChI=1S/C21H23FN4O4/c1-11(23)19(17(10-27)25-3)13-7-18(20(24)26-9-13)30-12(2)16-8-14(22)5-6-15(16)21(28)29-4/h5-10,12H,23H2,1-4H3,(H2,24,26). The van der Waals surface area contributed by atoms with Crippen molar-refractivity contribution in [3.63, 3.8) is 0 Å². The molecule has 8 nitrogen and oxygen atoms in total. The Morgan fingerprint density at radius 2 is 2.03 bits per heavy atom. The van der Waals surface area contributed by atoms with Crippen LogP contribution in [0.5, 0.6) is 5.75 Å². The van der Waals surface area contributed by atoms with Crippen LogP contribution in [0.2, 0.25) is 0 Å². The van der Waals surface area contributed by atoms with Crippen molar-refractivity contribution >= 4 is 29.4 Å². The second-order valence-corrected chi connectivity index (χ2v) is 6.38. The Hall–Kier alpha value is -3.75. The summed E-state index contributed by atoms with van der Waals surface area (Å²) in [7, 11) is 2.70. The molecular formula is C21H23FN4O4. The van der Waals surface area contributed by atoms with Crippen molar-refractivity contribution in [1.29, 1.82) is 0 Å². The van der Waals surface area contributed by atoms with Gasteiger partial charge in [-0.2, -0.15) is 0 Å². The summed E-state index contributed by atoms with van der Waals surface area (Å²) in [4.78, 5) is 31.4. The fraction of sp³-hybridized carbons (Fsp3) is 0.238. The van der Waals surface area contributed by atoms with E-state index in [4.69, 9.17) is 20.9 Å². The van der Waals surface area contributed by atoms with Crippen LogP contribution in [0.3, 0.4) is 0 Å². The first-order chi connectivity index (χ1) is 14.2. The number of anilines is 1. The number of hydrogen-bond acceptors (Lipinski definition) is 8. The highest BCUT2D eigenvalue weighted by atomic mass is 19.1. The topological polar surface area (TPSA) is 130 Å². The zero-order valence-electron chi connectivity index (χ0n) is 17.1. The molecule has 158 valence electrons. The number of pyridine rings is 1. The van der Waals surface area contributed by atoms with Gasteiger partial charge in [0.1, 0.15) is 17.6 Å². The first-order valence-electron chi connectivity index (χ1n) is 8.92. The molecule has 4 N–H and O–H groups in total. The highest BCUT2D eigenvalue weighted by Gasteiger charge is 2.21. The molecule has 0 fully saturated rings. The summed E-state index contributed by atoms with van der Waals surface area (Å²) in [5, 5.41) is 0. The predicted octanol–water partition coefficient (Wildman–Crippen LogP) is 2.69. The number of aliphatic imine (C=N–C) groups is 1. The number of nitrogen functional groups attached to an aromatic ring is 1. The summed E-state index contributed by atoms with van der Waals surface area (Å²) >= 11 is 0. The van der Waals surface area contributed by atoms with E-state index in [-0.39, 0.29) is 28.4 Å². The highest BCUT2D eigenvalue weighted by Crippen LogP contribution is 2.31. The largest absolute Gasteiger partial charge is 0.482 e. The lowest BCUT2D eigenvalue weighted by Gasteiger charge is -2.19. The Balaban J connectivity index is 2.49. The maximum absolute atomic E-state index is 13.8. The van der Waals surface area contributed by atoms with Gasteiger partial charge in [0.25, 0.3) is 0 Å². The lowest BCUT2D eigenvalue weighted by molar-refractivity contribution is -0.102. The summed E-state index contributed by atoms with van der Waals surface area (Å²) in [6.45, 7) is 3.25. The van der Waals surface area contributed by atoms with E-state index in [0.29, 0.717) is 23.1 Å². The van der Waals surface area contributed by atoms with Crippen LogP contribution in [-0.4, -0.2) is 37.1 Å². The number of aldehydes is 1. The number of carbonyl (C=O) groups excluding carboxylic acids is 2. The smallest absolute Gasteiger partial charge is 0.338 e. The third-order valence-corrected chi connectivity index (χ3v) is 4.33. The van der Waals surface area contributed by atoms with Gasteiger partial charge in [-0.05, 0) is 38.1 Å². The number of ether oxygens (including phenoxy) is 2. The number of rotatable bonds is 7. The summed E-state index contributed by atoms with van der Waals surface area (Å²) < 4.78 is 24.4. The van der Waals surface area contributed by atoms with Crippen LogP contribution in [0.15, 0.2) is 41.2 Å². The molecule has 0 aliphatic rings. The number of methoxy groups -OCH3 is 1. The fourth-order valence-electron chi connectivity index (χ4n) is 2.91. The summed E-state index contributed by atoms with van der Waals surface area (Å²) in [5.41, 5.74) is 13.7. The number of aromatic nitrogens is 1. The number of carbonyl (C=O) groups is 2. The molecule has 0 saturated heterocycles. The van der Waals surface area contributed by atoms with Crippen LogP contribution in [0.25, 0.3) is 5.57 Å². The summed E-state index contributed by atoms with van der Waals surface area (Å²) in [5.74, 6) is -0.928. The monoisotopic (exact) mass is 414 g/mol. The van der Waals surface area contributed by atoms with E-state index in [0.717, 1.165) is 6.07 Å². The maximum atomic E-state index is 13.8. The van der Waals surface area contributed by atoms with Crippen molar-refractivity contribution < 1.29 is 23.5 Å². The van der Waals surface area contributed by atoms with Gasteiger partial charge in [-0.1, -0.05) is 0 Å². The zero-order chi connectivity index (χ0) is 22.4. The molecule has 2 rings (SSSR count). The lowest BCUT2D eigenvalue weighted by atomic mass is 10.0. The zero-order valence-corrected chi connectivity index (χ0v) is 17.1. The first kappa shape index (κ1) is 22.5. The lowest BCUT2D eigenvalue weighted by Crippen LogP contribution is -2.14. The van der Waals surface area contributed by atoms with Crippen LogP contribution >= 0.6 is 0 Å². The average molecular weight is 414 g/mol. The molecule has 0 aliphatic heterocycles. The number of nitrogens with two attached hydrogens (primary N) is 2. The molecule has 2 aromatic rings. The van der Waals surface area contributed by atoms with Crippen molar-refractivity contribution in [2.75, 3.05) is 19.9 Å². The van der Waals surface area contributed by atoms with Crippen LogP contribution in [0, 0.1) is 5.82 Å². The van der Waals surface area contributed by atoms with Crippen molar-refractivity contribution in [3.8, 4) is 5.75 Å². The minimum absolute atomic E-state index is 0.0664. The quantitative estimate of drug-likeness (QED) is 0.405. The summed E-state index contributed by atoms with van der Waals surface area (Å²) in [6.07, 6.45) is 1.25. The molecule has 0 radical (unpaired) electrons. The first-order valence-corrected chi connectivity index (χ1v) is 8.92. The van der Waals surface area contributed by atoms with Crippen LogP contribution < -0.4 is 16.2 Å². The van der Waals surface area contributed by atoms with Gasteiger partial charge in [0.05, 0.1) is 12.7 Å². The van der Waals surface area contributed by atoms with Crippen LogP contribution in [0.4, 0.5) is 10.2 Å². The third-order valence-electron chi connectivity index (χ3n) is 4.33. The van der Waals surface area contributed by atoms with E-state index in [2.05, 4.69) is 9.98 Å². The third kappa shape index (κ3) is 4.80. The Morgan fingerprint density at radius 3 is 2.60 bits per heavy atom. The molecule has 1 aromatic carbocycles. The van der Waals surface area contributed by atoms with Gasteiger partial charge in [0.15, 0.2) is 17.9 Å². The van der Waals surface area contributed by atoms with Crippen molar-refractivity contribution in [1.82, 2.24) is 4.98 Å². The van der Waals surface area contributed by atoms with E-state index in [1.54, 1.807) is 19.9 Å². The summed E-state index contributed by atoms with van der Waals surface area (Å²) in [6, 6.07) is 5.22. The van der Waals surface area contributed by atoms with Gasteiger partial charge in [-0.15, -0.1) is 0 Å². The van der Waals surface area contributed by atoms with Gasteiger partial charge >= 0.3 is 5.97 Å². The van der Waals surface area contributed by atoms with Gasteiger partial charge in [0, 0.05) is 35.6 Å². The van der Waals surface area contributed by atoms with Gasteiger partial charge in [-0.3, -0.25) is 9.79 Å². The molecule has 1 atom stereocenters. The van der Waals surface area contributed by atoms with E-state index in [9.17, 15) is 14.0 Å². The van der Waals surface area contributed by atoms with Crippen molar-refractivity contribution in [2.24, 2.45) is 10.7 Å². The molecule has 30 heavy (non-hydrogen) atoms. The van der Waals surface area contributed by atoms with Gasteiger partial charge in [0.2, 0.25) is 0 Å². The normalized spacial score (nSPS) is 13.3. The second kappa shape index (κ2) is 9.64. The number of hydrogen-bond donors (Lipinski definition) is 2. The number of benzene rings is 1. The number of esters is 1. The Bertz CT molecular complexity index is 1030. The average Bonchev–Trinajstić information content (AvgIpc) is 2.72. The molecule has 0 bridgehead atoms. The molecule has 0 spiro atoms. The van der Waals surface area contributed by atoms with Crippen LogP contribution in [-0.2, 0) is 9.53 Å². The molecule has 1 unspecified atom stereocenters. The molecule has 9 heteroatoms. The Morgan fingerprint density at radius 1 is 1.33 bits per heavy atom. The molecule has 1 heterocycles.